The fourth-order valence-electron chi connectivity index (χ4n) is 1.61. The number of hydrogen-bond acceptors (Lipinski definition) is 4. The minimum atomic E-state index is -3.73. The van der Waals surface area contributed by atoms with Crippen molar-refractivity contribution in [2.75, 3.05) is 11.3 Å². The van der Waals surface area contributed by atoms with E-state index in [9.17, 15) is 8.42 Å². The van der Waals surface area contributed by atoms with Crippen LogP contribution in [0.1, 0.15) is 0 Å². The zero-order chi connectivity index (χ0) is 15.3. The van der Waals surface area contributed by atoms with Gasteiger partial charge in [0.1, 0.15) is 11.8 Å². The van der Waals surface area contributed by atoms with Crippen LogP contribution in [-0.2, 0) is 10.0 Å². The Bertz CT molecular complexity index is 785. The molecule has 2 rings (SSSR count). The van der Waals surface area contributed by atoms with Crippen LogP contribution in [0.4, 0.5) is 5.69 Å². The van der Waals surface area contributed by atoms with Crippen molar-refractivity contribution < 1.29 is 13.2 Å². The van der Waals surface area contributed by atoms with E-state index in [-0.39, 0.29) is 11.5 Å². The van der Waals surface area contributed by atoms with Crippen LogP contribution in [0.5, 0.6) is 5.75 Å². The van der Waals surface area contributed by atoms with Gasteiger partial charge in [-0.3, -0.25) is 4.72 Å². The maximum absolute atomic E-state index is 12.2. The molecule has 0 aliphatic rings. The molecule has 0 atom stereocenters. The van der Waals surface area contributed by atoms with Crippen molar-refractivity contribution in [3.63, 3.8) is 0 Å². The Morgan fingerprint density at radius 3 is 2.67 bits per heavy atom. The van der Waals surface area contributed by atoms with Gasteiger partial charge in [-0.05, 0) is 30.3 Å². The summed E-state index contributed by atoms with van der Waals surface area (Å²) in [6, 6.07) is 14.1. The van der Waals surface area contributed by atoms with Crippen LogP contribution in [0, 0.1) is 11.3 Å². The number of anilines is 1. The minimum absolute atomic E-state index is 0.0679. The van der Waals surface area contributed by atoms with Gasteiger partial charge in [-0.1, -0.05) is 23.7 Å². The first-order valence-electron chi connectivity index (χ1n) is 5.89. The molecule has 2 aromatic rings. The molecule has 0 radical (unpaired) electrons. The van der Waals surface area contributed by atoms with Gasteiger partial charge in [0.15, 0.2) is 6.61 Å². The topological polar surface area (TPSA) is 79.2 Å². The second kappa shape index (κ2) is 6.48. The molecule has 0 heterocycles. The van der Waals surface area contributed by atoms with Gasteiger partial charge >= 0.3 is 0 Å². The third-order valence-corrected chi connectivity index (χ3v) is 4.11. The molecular weight excluding hydrogens is 312 g/mol. The normalized spacial score (nSPS) is 10.7. The number of hydrogen-bond donors (Lipinski definition) is 1. The molecule has 0 aliphatic heterocycles. The largest absolute Gasteiger partial charge is 0.479 e. The van der Waals surface area contributed by atoms with Crippen LogP contribution < -0.4 is 9.46 Å². The lowest BCUT2D eigenvalue weighted by Gasteiger charge is -2.09. The molecule has 0 bridgehead atoms. The Hall–Kier alpha value is -2.23. The Labute approximate surface area is 127 Å². The molecule has 0 spiro atoms. The summed E-state index contributed by atoms with van der Waals surface area (Å²) in [4.78, 5) is 0.0679. The number of ether oxygens (including phenoxy) is 1. The van der Waals surface area contributed by atoms with E-state index in [4.69, 9.17) is 21.6 Å². The molecule has 0 amide bonds. The molecule has 1 N–H and O–H groups in total. The SMILES string of the molecule is N#CCOc1cccc(NS(=O)(=O)c2cccc(Cl)c2)c1. The Kier molecular flexibility index (Phi) is 4.68. The van der Waals surface area contributed by atoms with E-state index >= 15 is 0 Å². The van der Waals surface area contributed by atoms with Crippen LogP contribution in [-0.4, -0.2) is 15.0 Å². The molecular formula is C14H11ClN2O3S. The smallest absolute Gasteiger partial charge is 0.261 e. The summed E-state index contributed by atoms with van der Waals surface area (Å²) in [5.74, 6) is 0.405. The molecule has 108 valence electrons. The van der Waals surface area contributed by atoms with Crippen LogP contribution in [0.15, 0.2) is 53.4 Å². The average molecular weight is 323 g/mol. The van der Waals surface area contributed by atoms with Gasteiger partial charge in [-0.15, -0.1) is 0 Å². The number of benzene rings is 2. The summed E-state index contributed by atoms with van der Waals surface area (Å²) in [7, 11) is -3.73. The lowest BCUT2D eigenvalue weighted by molar-refractivity contribution is 0.368. The Morgan fingerprint density at radius 2 is 1.95 bits per heavy atom. The van der Waals surface area contributed by atoms with E-state index in [0.717, 1.165) is 0 Å². The standard InChI is InChI=1S/C14H11ClN2O3S/c15-11-3-1-6-14(9-11)21(18,19)17-12-4-2-5-13(10-12)20-8-7-16/h1-6,9-10,17H,8H2. The fraction of sp³-hybridized carbons (Fsp3) is 0.0714. The van der Waals surface area contributed by atoms with Crippen molar-refractivity contribution in [1.82, 2.24) is 0 Å². The summed E-state index contributed by atoms with van der Waals surface area (Å²) in [6.45, 7) is -0.107. The molecule has 0 saturated carbocycles. The zero-order valence-electron chi connectivity index (χ0n) is 10.8. The van der Waals surface area contributed by atoms with Gasteiger partial charge in [0.05, 0.1) is 10.6 Å². The first-order valence-corrected chi connectivity index (χ1v) is 7.75. The van der Waals surface area contributed by atoms with Crippen LogP contribution >= 0.6 is 11.6 Å². The summed E-state index contributed by atoms with van der Waals surface area (Å²) in [6.07, 6.45) is 0. The number of nitriles is 1. The molecule has 0 fully saturated rings. The molecule has 5 nitrogen and oxygen atoms in total. The van der Waals surface area contributed by atoms with Gasteiger partial charge in [0.2, 0.25) is 0 Å². The third-order valence-electron chi connectivity index (χ3n) is 2.50. The number of rotatable bonds is 5. The van der Waals surface area contributed by atoms with Gasteiger partial charge < -0.3 is 4.74 Å². The molecule has 2 aromatic carbocycles. The maximum atomic E-state index is 12.2. The van der Waals surface area contributed by atoms with Crippen molar-refractivity contribution in [3.05, 3.63) is 53.6 Å². The van der Waals surface area contributed by atoms with E-state index in [1.165, 1.54) is 18.2 Å². The maximum Gasteiger partial charge on any atom is 0.261 e. The minimum Gasteiger partial charge on any atom is -0.479 e. The molecule has 0 aromatic heterocycles. The van der Waals surface area contributed by atoms with E-state index in [0.29, 0.717) is 16.5 Å². The Morgan fingerprint density at radius 1 is 1.19 bits per heavy atom. The molecule has 21 heavy (non-hydrogen) atoms. The van der Waals surface area contributed by atoms with Crippen LogP contribution in [0.3, 0.4) is 0 Å². The summed E-state index contributed by atoms with van der Waals surface area (Å²) >= 11 is 5.79. The molecule has 7 heteroatoms. The predicted octanol–water partition coefficient (Wildman–Crippen LogP) is 3.04. The number of halogens is 1. The van der Waals surface area contributed by atoms with Crippen molar-refractivity contribution in [3.8, 4) is 11.8 Å². The number of sulfonamides is 1. The number of nitrogens with one attached hydrogen (secondary N) is 1. The summed E-state index contributed by atoms with van der Waals surface area (Å²) in [5, 5.41) is 8.80. The van der Waals surface area contributed by atoms with Crippen LogP contribution in [0.2, 0.25) is 5.02 Å². The quantitative estimate of drug-likeness (QED) is 0.917. The highest BCUT2D eigenvalue weighted by atomic mass is 35.5. The lowest BCUT2D eigenvalue weighted by Crippen LogP contribution is -2.12. The van der Waals surface area contributed by atoms with Crippen molar-refractivity contribution in [2.24, 2.45) is 0 Å². The van der Waals surface area contributed by atoms with Crippen molar-refractivity contribution >= 4 is 27.3 Å². The second-order valence-electron chi connectivity index (χ2n) is 4.04. The summed E-state index contributed by atoms with van der Waals surface area (Å²) in [5.41, 5.74) is 0.338. The van der Waals surface area contributed by atoms with Crippen LogP contribution in [0.25, 0.3) is 0 Å². The second-order valence-corrected chi connectivity index (χ2v) is 6.16. The van der Waals surface area contributed by atoms with Crippen molar-refractivity contribution in [2.45, 2.75) is 4.90 Å². The predicted molar refractivity (Wildman–Crippen MR) is 79.8 cm³/mol. The van der Waals surface area contributed by atoms with Gasteiger partial charge in [-0.25, -0.2) is 8.42 Å². The first kappa shape index (κ1) is 15.2. The highest BCUT2D eigenvalue weighted by Gasteiger charge is 2.14. The Balaban J connectivity index is 2.23. The van der Waals surface area contributed by atoms with E-state index in [2.05, 4.69) is 4.72 Å². The highest BCUT2D eigenvalue weighted by Crippen LogP contribution is 2.22. The van der Waals surface area contributed by atoms with E-state index in [1.807, 2.05) is 6.07 Å². The van der Waals surface area contributed by atoms with Crippen molar-refractivity contribution in [1.29, 1.82) is 5.26 Å². The van der Waals surface area contributed by atoms with E-state index < -0.39 is 10.0 Å². The van der Waals surface area contributed by atoms with E-state index in [1.54, 1.807) is 30.3 Å². The van der Waals surface area contributed by atoms with Gasteiger partial charge in [0, 0.05) is 11.1 Å². The fourth-order valence-corrected chi connectivity index (χ4v) is 2.96. The molecule has 0 saturated heterocycles. The average Bonchev–Trinajstić information content (AvgIpc) is 2.45. The lowest BCUT2D eigenvalue weighted by atomic mass is 10.3. The molecule has 0 unspecified atom stereocenters. The molecule has 0 aliphatic carbocycles. The monoisotopic (exact) mass is 322 g/mol. The van der Waals surface area contributed by atoms with Gasteiger partial charge in [0.25, 0.3) is 10.0 Å². The highest BCUT2D eigenvalue weighted by molar-refractivity contribution is 7.92. The zero-order valence-corrected chi connectivity index (χ0v) is 12.4. The first-order chi connectivity index (χ1) is 10.0. The number of nitrogens with zero attached hydrogens (tertiary/aromatic N) is 1. The summed E-state index contributed by atoms with van der Waals surface area (Å²) < 4.78 is 32.0. The van der Waals surface area contributed by atoms with Gasteiger partial charge in [-0.2, -0.15) is 5.26 Å². The third kappa shape index (κ3) is 4.12.